The topological polar surface area (TPSA) is 91.3 Å². The van der Waals surface area contributed by atoms with Gasteiger partial charge in [-0.05, 0) is 35.7 Å². The van der Waals surface area contributed by atoms with Gasteiger partial charge in [-0.3, -0.25) is 14.9 Å². The molecular weight excluding hydrogens is 411 g/mol. The molecule has 162 valence electrons. The van der Waals surface area contributed by atoms with Crippen molar-refractivity contribution < 1.29 is 19.0 Å². The Balaban J connectivity index is 1.29. The highest BCUT2D eigenvalue weighted by molar-refractivity contribution is 5.99. The number of carbonyl (C=O) groups is 1. The number of ether oxygens (including phenoxy) is 1. The highest BCUT2D eigenvalue weighted by atomic mass is 19.1. The van der Waals surface area contributed by atoms with Crippen LogP contribution >= 0.6 is 0 Å². The molecule has 32 heavy (non-hydrogen) atoms. The number of halogens is 1. The highest BCUT2D eigenvalue weighted by Crippen LogP contribution is 2.27. The normalized spacial score (nSPS) is 18.6. The molecule has 2 aromatic carbocycles. The maximum atomic E-state index is 14.2. The zero-order valence-corrected chi connectivity index (χ0v) is 17.1. The van der Waals surface area contributed by atoms with Crippen molar-refractivity contribution in [3.63, 3.8) is 0 Å². The second kappa shape index (κ2) is 8.39. The predicted octanol–water partition coefficient (Wildman–Crippen LogP) is 3.42. The lowest BCUT2D eigenvalue weighted by Gasteiger charge is -2.36. The summed E-state index contributed by atoms with van der Waals surface area (Å²) in [5, 5.41) is 19.3. The van der Waals surface area contributed by atoms with Crippen LogP contribution in [0.3, 0.4) is 0 Å². The van der Waals surface area contributed by atoms with Gasteiger partial charge in [0.25, 0.3) is 5.91 Å². The molecule has 1 amide bonds. The summed E-state index contributed by atoms with van der Waals surface area (Å²) < 4.78 is 20.2. The Morgan fingerprint density at radius 1 is 1.16 bits per heavy atom. The van der Waals surface area contributed by atoms with Gasteiger partial charge in [0.15, 0.2) is 0 Å². The number of piperidine rings is 1. The van der Waals surface area contributed by atoms with E-state index < -0.39 is 18.0 Å². The molecule has 0 radical (unpaired) electrons. The molecule has 1 aliphatic rings. The Bertz CT molecular complexity index is 1270. The molecule has 0 spiro atoms. The van der Waals surface area contributed by atoms with E-state index in [0.29, 0.717) is 24.4 Å². The van der Waals surface area contributed by atoms with Gasteiger partial charge in [0, 0.05) is 36.3 Å². The first-order chi connectivity index (χ1) is 15.6. The van der Waals surface area contributed by atoms with Crippen LogP contribution in [0.15, 0.2) is 67.1 Å². The molecule has 0 aliphatic carbocycles. The van der Waals surface area contributed by atoms with Gasteiger partial charge in [-0.25, -0.2) is 4.39 Å². The summed E-state index contributed by atoms with van der Waals surface area (Å²) in [6.07, 6.45) is 4.05. The van der Waals surface area contributed by atoms with Crippen LogP contribution in [0.1, 0.15) is 16.8 Å². The minimum Gasteiger partial charge on any atom is -0.488 e. The number of β-amino-alcohol motifs (C(OH)–C–C–N with tert-alkyl or cyclic N) is 1. The summed E-state index contributed by atoms with van der Waals surface area (Å²) in [5.41, 5.74) is 0.868. The van der Waals surface area contributed by atoms with E-state index in [2.05, 4.69) is 15.2 Å². The van der Waals surface area contributed by atoms with E-state index in [0.717, 1.165) is 10.8 Å². The molecule has 5 rings (SSSR count). The van der Waals surface area contributed by atoms with E-state index in [1.165, 1.54) is 12.3 Å². The van der Waals surface area contributed by atoms with Crippen molar-refractivity contribution in [2.24, 2.45) is 0 Å². The van der Waals surface area contributed by atoms with Crippen molar-refractivity contribution in [2.45, 2.75) is 18.6 Å². The van der Waals surface area contributed by atoms with E-state index in [-0.39, 0.29) is 23.6 Å². The Morgan fingerprint density at radius 2 is 2.03 bits per heavy atom. The summed E-state index contributed by atoms with van der Waals surface area (Å²) in [6.45, 7) is 0.512. The van der Waals surface area contributed by atoms with Crippen LogP contribution in [-0.4, -0.2) is 56.4 Å². The molecule has 2 aromatic heterocycles. The number of aliphatic hydroxyl groups is 1. The van der Waals surface area contributed by atoms with Crippen molar-refractivity contribution in [1.29, 1.82) is 0 Å². The van der Waals surface area contributed by atoms with Gasteiger partial charge in [-0.15, -0.1) is 0 Å². The number of likely N-dealkylation sites (tertiary alicyclic amines) is 1. The molecule has 0 saturated carbocycles. The van der Waals surface area contributed by atoms with Crippen molar-refractivity contribution in [2.75, 3.05) is 13.1 Å². The summed E-state index contributed by atoms with van der Waals surface area (Å²) >= 11 is 0. The van der Waals surface area contributed by atoms with Crippen LogP contribution in [-0.2, 0) is 0 Å². The lowest BCUT2D eigenvalue weighted by molar-refractivity contribution is -0.0198. The fourth-order valence-electron chi connectivity index (χ4n) is 4.03. The molecule has 7 nitrogen and oxygen atoms in total. The number of hydrogen-bond acceptors (Lipinski definition) is 5. The Morgan fingerprint density at radius 3 is 2.88 bits per heavy atom. The van der Waals surface area contributed by atoms with Crippen LogP contribution in [0, 0.1) is 5.82 Å². The lowest BCUT2D eigenvalue weighted by Crippen LogP contribution is -2.51. The first-order valence-electron chi connectivity index (χ1n) is 10.4. The minimum absolute atomic E-state index is 0.112. The molecule has 3 heterocycles. The van der Waals surface area contributed by atoms with Crippen LogP contribution in [0.25, 0.3) is 22.0 Å². The average molecular weight is 432 g/mol. The van der Waals surface area contributed by atoms with Gasteiger partial charge in [0.2, 0.25) is 0 Å². The number of benzene rings is 2. The third-order valence-electron chi connectivity index (χ3n) is 5.72. The Labute approximate surface area is 183 Å². The number of nitrogens with one attached hydrogen (secondary N) is 1. The summed E-state index contributed by atoms with van der Waals surface area (Å²) in [6, 6.07) is 13.8. The zero-order valence-electron chi connectivity index (χ0n) is 17.1. The maximum absolute atomic E-state index is 14.2. The number of aliphatic hydroxyl groups excluding tert-OH is 1. The van der Waals surface area contributed by atoms with Gasteiger partial charge >= 0.3 is 0 Å². The molecule has 1 saturated heterocycles. The third-order valence-corrected chi connectivity index (χ3v) is 5.72. The Hall–Kier alpha value is -3.78. The molecule has 2 N–H and O–H groups in total. The van der Waals surface area contributed by atoms with Crippen LogP contribution in [0.4, 0.5) is 4.39 Å². The van der Waals surface area contributed by atoms with E-state index in [4.69, 9.17) is 4.74 Å². The largest absolute Gasteiger partial charge is 0.488 e. The van der Waals surface area contributed by atoms with Crippen molar-refractivity contribution in [3.8, 4) is 17.0 Å². The average Bonchev–Trinajstić information content (AvgIpc) is 3.30. The van der Waals surface area contributed by atoms with Crippen LogP contribution < -0.4 is 4.74 Å². The zero-order chi connectivity index (χ0) is 22.1. The second-order valence-electron chi connectivity index (χ2n) is 7.79. The number of amides is 1. The first kappa shape index (κ1) is 20.1. The molecule has 1 aliphatic heterocycles. The number of nitrogens with zero attached hydrogens (tertiary/aromatic N) is 3. The SMILES string of the molecule is O=C(c1cn[nH]c1-c1ccccc1F)N1CC[C@@H](Oc2ccc3ccncc3c2)[C@H](O)C1. The smallest absolute Gasteiger partial charge is 0.257 e. The van der Waals surface area contributed by atoms with Crippen molar-refractivity contribution in [3.05, 3.63) is 78.5 Å². The van der Waals surface area contributed by atoms with E-state index in [1.54, 1.807) is 35.5 Å². The number of aromatic amines is 1. The Kier molecular flexibility index (Phi) is 5.28. The van der Waals surface area contributed by atoms with Crippen LogP contribution in [0.2, 0.25) is 0 Å². The monoisotopic (exact) mass is 432 g/mol. The lowest BCUT2D eigenvalue weighted by atomic mass is 10.0. The minimum atomic E-state index is -0.860. The molecule has 1 fully saturated rings. The van der Waals surface area contributed by atoms with E-state index in [9.17, 15) is 14.3 Å². The molecule has 0 unspecified atom stereocenters. The van der Waals surface area contributed by atoms with Gasteiger partial charge < -0.3 is 14.7 Å². The predicted molar refractivity (Wildman–Crippen MR) is 117 cm³/mol. The number of carbonyl (C=O) groups excluding carboxylic acids is 1. The molecule has 4 aromatic rings. The first-order valence-corrected chi connectivity index (χ1v) is 10.4. The highest BCUT2D eigenvalue weighted by Gasteiger charge is 2.33. The molecule has 8 heteroatoms. The quantitative estimate of drug-likeness (QED) is 0.516. The van der Waals surface area contributed by atoms with Crippen molar-refractivity contribution >= 4 is 16.7 Å². The molecule has 0 bridgehead atoms. The van der Waals surface area contributed by atoms with E-state index >= 15 is 0 Å². The third kappa shape index (κ3) is 3.80. The van der Waals surface area contributed by atoms with Gasteiger partial charge in [-0.1, -0.05) is 18.2 Å². The molecule has 2 atom stereocenters. The van der Waals surface area contributed by atoms with Crippen LogP contribution in [0.5, 0.6) is 5.75 Å². The van der Waals surface area contributed by atoms with Gasteiger partial charge in [0.05, 0.1) is 24.0 Å². The molecular formula is C24H21FN4O3. The number of hydrogen-bond donors (Lipinski definition) is 2. The number of pyridine rings is 1. The second-order valence-corrected chi connectivity index (χ2v) is 7.79. The van der Waals surface area contributed by atoms with Gasteiger partial charge in [0.1, 0.15) is 23.8 Å². The fourth-order valence-corrected chi connectivity index (χ4v) is 4.03. The summed E-state index contributed by atoms with van der Waals surface area (Å²) in [4.78, 5) is 18.8. The number of fused-ring (bicyclic) bond motifs is 1. The maximum Gasteiger partial charge on any atom is 0.257 e. The number of H-pyrrole nitrogens is 1. The van der Waals surface area contributed by atoms with E-state index in [1.807, 2.05) is 24.3 Å². The standard InChI is InChI=1S/C24H21FN4O3/c25-20-4-2-1-3-18(20)23-19(13-27-28-23)24(31)29-10-8-22(21(30)14-29)32-17-6-5-15-7-9-26-12-16(15)11-17/h1-7,9,11-13,21-22,30H,8,10,14H2,(H,27,28)/t21-,22-/m1/s1. The number of aromatic nitrogens is 3. The van der Waals surface area contributed by atoms with Gasteiger partial charge in [-0.2, -0.15) is 5.10 Å². The fraction of sp³-hybridized carbons (Fsp3) is 0.208. The number of rotatable bonds is 4. The summed E-state index contributed by atoms with van der Waals surface area (Å²) in [7, 11) is 0. The summed E-state index contributed by atoms with van der Waals surface area (Å²) in [5.74, 6) is -0.110. The van der Waals surface area contributed by atoms with Crippen molar-refractivity contribution in [1.82, 2.24) is 20.1 Å².